The minimum atomic E-state index is -2.31. The molecular formula is C19H34Sn. The molecule has 0 bridgehead atoms. The van der Waals surface area contributed by atoms with Gasteiger partial charge in [0.2, 0.25) is 0 Å². The minimum absolute atomic E-state index is 0.471. The molecule has 0 nitrogen and oxygen atoms in total. The Hall–Kier alpha value is 0.0187. The van der Waals surface area contributed by atoms with Gasteiger partial charge in [-0.2, -0.15) is 0 Å². The molecule has 0 saturated carbocycles. The summed E-state index contributed by atoms with van der Waals surface area (Å²) in [6.07, 6.45) is 8.15. The van der Waals surface area contributed by atoms with Gasteiger partial charge in [0.15, 0.2) is 0 Å². The Kier molecular flexibility index (Phi) is 8.08. The van der Waals surface area contributed by atoms with E-state index in [0.717, 1.165) is 0 Å². The van der Waals surface area contributed by atoms with Gasteiger partial charge in [0, 0.05) is 0 Å². The molecule has 0 aliphatic rings. The molecule has 0 fully saturated rings. The van der Waals surface area contributed by atoms with Crippen LogP contribution >= 0.6 is 0 Å². The number of aryl methyl sites for hydroxylation is 1. The molecule has 1 heteroatoms. The molecule has 1 rings (SSSR count). The predicted octanol–water partition coefficient (Wildman–Crippen LogP) is 6.05. The van der Waals surface area contributed by atoms with E-state index in [-0.39, 0.29) is 0 Å². The summed E-state index contributed by atoms with van der Waals surface area (Å²) in [6, 6.07) is 8.98. The average Bonchev–Trinajstić information content (AvgIpc) is 2.54. The number of hydrogen-bond acceptors (Lipinski definition) is 0. The van der Waals surface area contributed by atoms with Gasteiger partial charge in [0.1, 0.15) is 0 Å². The molecule has 1 aromatic rings. The van der Waals surface area contributed by atoms with Gasteiger partial charge < -0.3 is 0 Å². The van der Waals surface area contributed by atoms with E-state index in [1.54, 1.807) is 3.58 Å². The van der Waals surface area contributed by atoms with Crippen LogP contribution in [0.25, 0.3) is 0 Å². The molecular weight excluding hydrogens is 347 g/mol. The van der Waals surface area contributed by atoms with E-state index < -0.39 is 18.4 Å². The Bertz CT molecular complexity index is 367. The topological polar surface area (TPSA) is 0 Å². The summed E-state index contributed by atoms with van der Waals surface area (Å²) in [4.78, 5) is 0. The fourth-order valence-corrected chi connectivity index (χ4v) is 20.1. The Labute approximate surface area is 132 Å². The number of rotatable bonds is 10. The van der Waals surface area contributed by atoms with Gasteiger partial charge in [-0.05, 0) is 0 Å². The molecule has 0 aliphatic carbocycles. The van der Waals surface area contributed by atoms with Crippen LogP contribution in [0, 0.1) is 6.90 Å². The van der Waals surface area contributed by atoms with Gasteiger partial charge in [-0.15, -0.1) is 0 Å². The van der Waals surface area contributed by atoms with Gasteiger partial charge in [-0.3, -0.25) is 0 Å². The SMILES string of the molecule is [2H]Cc1cccc[c]1[Sn]([CH2]CCC)([CH2]CCC)[CH2]CCC. The van der Waals surface area contributed by atoms with Gasteiger partial charge in [0.05, 0.1) is 0 Å². The molecule has 1 aromatic carbocycles. The third-order valence-electron chi connectivity index (χ3n) is 4.62. The van der Waals surface area contributed by atoms with Crippen molar-refractivity contribution in [3.63, 3.8) is 0 Å². The fourth-order valence-electron chi connectivity index (χ4n) is 3.36. The van der Waals surface area contributed by atoms with Gasteiger partial charge >= 0.3 is 133 Å². The third-order valence-corrected chi connectivity index (χ3v) is 20.5. The van der Waals surface area contributed by atoms with Crippen LogP contribution in [0.2, 0.25) is 13.3 Å². The average molecular weight is 382 g/mol. The molecule has 0 N–H and O–H groups in total. The molecule has 0 aliphatic heterocycles. The van der Waals surface area contributed by atoms with E-state index in [2.05, 4.69) is 45.0 Å². The van der Waals surface area contributed by atoms with Crippen molar-refractivity contribution in [1.82, 2.24) is 0 Å². The van der Waals surface area contributed by atoms with Crippen molar-refractivity contribution in [3.05, 3.63) is 29.8 Å². The summed E-state index contributed by atoms with van der Waals surface area (Å²) < 4.78 is 14.1. The van der Waals surface area contributed by atoms with Crippen LogP contribution in [0.5, 0.6) is 0 Å². The Morgan fingerprint density at radius 2 is 1.35 bits per heavy atom. The summed E-state index contributed by atoms with van der Waals surface area (Å²) in [5.74, 6) is 0. The van der Waals surface area contributed by atoms with Crippen molar-refractivity contribution in [3.8, 4) is 0 Å². The molecule has 0 unspecified atom stereocenters. The van der Waals surface area contributed by atoms with Gasteiger partial charge in [0.25, 0.3) is 0 Å². The molecule has 0 aromatic heterocycles. The predicted molar refractivity (Wildman–Crippen MR) is 95.7 cm³/mol. The molecule has 0 atom stereocenters. The third kappa shape index (κ3) is 5.09. The van der Waals surface area contributed by atoms with Gasteiger partial charge in [-0.25, -0.2) is 0 Å². The number of benzene rings is 1. The van der Waals surface area contributed by atoms with E-state index >= 15 is 0 Å². The second-order valence-corrected chi connectivity index (χ2v) is 19.4. The van der Waals surface area contributed by atoms with Gasteiger partial charge in [-0.1, -0.05) is 0 Å². The van der Waals surface area contributed by atoms with Crippen LogP contribution in [0.3, 0.4) is 0 Å². The Balaban J connectivity index is 3.16. The van der Waals surface area contributed by atoms with Crippen molar-refractivity contribution in [2.45, 2.75) is 79.5 Å². The molecule has 20 heavy (non-hydrogen) atoms. The first-order valence-electron chi connectivity index (χ1n) is 9.32. The molecule has 0 heterocycles. The molecule has 0 saturated heterocycles. The monoisotopic (exact) mass is 383 g/mol. The first kappa shape index (κ1) is 16.4. The van der Waals surface area contributed by atoms with Crippen LogP contribution in [0.1, 0.15) is 66.2 Å². The van der Waals surface area contributed by atoms with Crippen molar-refractivity contribution >= 4 is 22.0 Å². The van der Waals surface area contributed by atoms with Crippen LogP contribution in [0.15, 0.2) is 24.3 Å². The first-order valence-corrected chi connectivity index (χ1v) is 16.1. The zero-order chi connectivity index (χ0) is 15.6. The Morgan fingerprint density at radius 1 is 0.850 bits per heavy atom. The van der Waals surface area contributed by atoms with Crippen molar-refractivity contribution in [2.24, 2.45) is 0 Å². The Morgan fingerprint density at radius 3 is 1.80 bits per heavy atom. The summed E-state index contributed by atoms with van der Waals surface area (Å²) >= 11 is -2.31. The quantitative estimate of drug-likeness (QED) is 0.432. The maximum absolute atomic E-state index is 7.93. The van der Waals surface area contributed by atoms with E-state index in [1.165, 1.54) is 57.4 Å². The van der Waals surface area contributed by atoms with E-state index in [1.807, 2.05) is 0 Å². The van der Waals surface area contributed by atoms with E-state index in [4.69, 9.17) is 1.37 Å². The number of hydrogen-bond donors (Lipinski definition) is 0. The zero-order valence-corrected chi connectivity index (χ0v) is 16.7. The van der Waals surface area contributed by atoms with Crippen molar-refractivity contribution < 1.29 is 1.37 Å². The maximum atomic E-state index is 7.93. The fraction of sp³-hybridized carbons (Fsp3) is 0.684. The molecule has 0 radical (unpaired) electrons. The molecule has 0 amide bonds. The van der Waals surface area contributed by atoms with Crippen LogP contribution in [-0.4, -0.2) is 18.4 Å². The van der Waals surface area contributed by atoms with Crippen LogP contribution in [-0.2, 0) is 0 Å². The summed E-state index contributed by atoms with van der Waals surface area (Å²) in [5.41, 5.74) is 1.34. The van der Waals surface area contributed by atoms with Crippen molar-refractivity contribution in [1.29, 1.82) is 0 Å². The number of unbranched alkanes of at least 4 members (excludes halogenated alkanes) is 3. The van der Waals surface area contributed by atoms with Crippen LogP contribution in [0.4, 0.5) is 0 Å². The zero-order valence-electron chi connectivity index (χ0n) is 14.9. The summed E-state index contributed by atoms with van der Waals surface area (Å²) in [6.45, 7) is 7.45. The summed E-state index contributed by atoms with van der Waals surface area (Å²) in [5, 5.41) is 0. The molecule has 0 spiro atoms. The first-order chi connectivity index (χ1) is 10.2. The van der Waals surface area contributed by atoms with Crippen LogP contribution < -0.4 is 3.58 Å². The van der Waals surface area contributed by atoms with Crippen molar-refractivity contribution in [2.75, 3.05) is 0 Å². The second-order valence-electron chi connectivity index (χ2n) is 6.25. The normalized spacial score (nSPS) is 12.4. The second kappa shape index (κ2) is 9.87. The summed E-state index contributed by atoms with van der Waals surface area (Å²) in [7, 11) is 0. The van der Waals surface area contributed by atoms with E-state index in [0.29, 0.717) is 6.90 Å². The van der Waals surface area contributed by atoms with E-state index in [9.17, 15) is 0 Å². The molecule has 114 valence electrons. The standard InChI is InChI=1S/C7H7.3C4H9.Sn/c1-7-5-3-2-4-6-7;3*1-3-4-2;/h2-5H,1H3;3*1,3-4H2,2H3;/i1D;;;;.